The molecule has 136 valence electrons. The molecule has 0 fully saturated rings. The van der Waals surface area contributed by atoms with Crippen LogP contribution >= 0.6 is 11.6 Å². The predicted octanol–water partition coefficient (Wildman–Crippen LogP) is 6.98. The van der Waals surface area contributed by atoms with Crippen molar-refractivity contribution in [2.24, 2.45) is 0 Å². The van der Waals surface area contributed by atoms with Crippen molar-refractivity contribution in [3.63, 3.8) is 0 Å². The Morgan fingerprint density at radius 3 is 2.00 bits per heavy atom. The molecule has 0 spiro atoms. The summed E-state index contributed by atoms with van der Waals surface area (Å²) in [4.78, 5) is 11.2. The third kappa shape index (κ3) is 3.64. The van der Waals surface area contributed by atoms with Crippen LogP contribution in [-0.2, 0) is 10.8 Å². The first-order valence-electron chi connectivity index (χ1n) is 9.24. The van der Waals surface area contributed by atoms with Crippen LogP contribution in [0.1, 0.15) is 80.1 Å². The number of carbonyl (C=O) groups is 1. The van der Waals surface area contributed by atoms with Gasteiger partial charge >= 0.3 is 0 Å². The lowest BCUT2D eigenvalue weighted by molar-refractivity contribution is 0.108. The van der Waals surface area contributed by atoms with Crippen LogP contribution in [0.4, 0.5) is 0 Å². The van der Waals surface area contributed by atoms with E-state index in [9.17, 15) is 4.79 Å². The third-order valence-electron chi connectivity index (χ3n) is 5.83. The summed E-state index contributed by atoms with van der Waals surface area (Å²) in [5, 5.41) is -0.420. The van der Waals surface area contributed by atoms with Crippen LogP contribution in [0, 0.1) is 0 Å². The van der Waals surface area contributed by atoms with Gasteiger partial charge < -0.3 is 0 Å². The number of hydrogen-bond acceptors (Lipinski definition) is 1. The quantitative estimate of drug-likeness (QED) is 0.423. The molecule has 2 aromatic rings. The molecule has 0 saturated carbocycles. The van der Waals surface area contributed by atoms with Gasteiger partial charge in [-0.15, -0.1) is 0 Å². The molecular formula is C24H27ClO. The Kier molecular flexibility index (Phi) is 4.88. The Labute approximate surface area is 162 Å². The SMILES string of the molecule is C/C(=C\c1ccc(C(=O)Cl)cc1)c1ccc2c(c1)C(C)(C)CCC2(C)C. The van der Waals surface area contributed by atoms with Crippen LogP contribution in [0.25, 0.3) is 11.6 Å². The second kappa shape index (κ2) is 6.70. The van der Waals surface area contributed by atoms with Crippen LogP contribution < -0.4 is 0 Å². The van der Waals surface area contributed by atoms with E-state index in [-0.39, 0.29) is 10.8 Å². The second-order valence-electron chi connectivity index (χ2n) is 8.75. The molecule has 1 nitrogen and oxygen atoms in total. The smallest absolute Gasteiger partial charge is 0.252 e. The van der Waals surface area contributed by atoms with Gasteiger partial charge in [0, 0.05) is 5.56 Å². The molecule has 0 heterocycles. The average Bonchev–Trinajstić information content (AvgIpc) is 2.59. The summed E-state index contributed by atoms with van der Waals surface area (Å²) in [6, 6.07) is 14.3. The molecule has 1 aliphatic rings. The zero-order chi connectivity index (χ0) is 19.1. The van der Waals surface area contributed by atoms with Gasteiger partial charge in [-0.3, -0.25) is 4.79 Å². The topological polar surface area (TPSA) is 17.1 Å². The van der Waals surface area contributed by atoms with E-state index < -0.39 is 5.24 Å². The molecule has 3 rings (SSSR count). The molecular weight excluding hydrogens is 340 g/mol. The van der Waals surface area contributed by atoms with Crippen LogP contribution in [0.2, 0.25) is 0 Å². The summed E-state index contributed by atoms with van der Waals surface area (Å²) in [7, 11) is 0. The van der Waals surface area contributed by atoms with E-state index in [1.807, 2.05) is 12.1 Å². The summed E-state index contributed by atoms with van der Waals surface area (Å²) in [5.41, 5.74) is 7.48. The minimum Gasteiger partial charge on any atom is -0.276 e. The van der Waals surface area contributed by atoms with Gasteiger partial charge in [0.15, 0.2) is 0 Å². The van der Waals surface area contributed by atoms with Gasteiger partial charge in [0.05, 0.1) is 0 Å². The number of benzene rings is 2. The lowest BCUT2D eigenvalue weighted by Gasteiger charge is -2.42. The number of hydrogen-bond donors (Lipinski definition) is 0. The molecule has 26 heavy (non-hydrogen) atoms. The first-order valence-corrected chi connectivity index (χ1v) is 9.61. The van der Waals surface area contributed by atoms with Gasteiger partial charge in [0.25, 0.3) is 5.24 Å². The molecule has 0 atom stereocenters. The van der Waals surface area contributed by atoms with E-state index in [2.05, 4.69) is 58.9 Å². The van der Waals surface area contributed by atoms with Crippen LogP contribution in [-0.4, -0.2) is 5.24 Å². The largest absolute Gasteiger partial charge is 0.276 e. The van der Waals surface area contributed by atoms with Crippen molar-refractivity contribution in [3.05, 3.63) is 70.3 Å². The molecule has 0 aliphatic heterocycles. The first-order chi connectivity index (χ1) is 12.1. The van der Waals surface area contributed by atoms with Crippen molar-refractivity contribution >= 4 is 28.5 Å². The molecule has 0 unspecified atom stereocenters. The van der Waals surface area contributed by atoms with Crippen molar-refractivity contribution in [1.29, 1.82) is 0 Å². The van der Waals surface area contributed by atoms with Crippen molar-refractivity contribution in [3.8, 4) is 0 Å². The van der Waals surface area contributed by atoms with Gasteiger partial charge in [0.1, 0.15) is 0 Å². The molecule has 2 aromatic carbocycles. The number of fused-ring (bicyclic) bond motifs is 1. The monoisotopic (exact) mass is 366 g/mol. The number of halogens is 1. The zero-order valence-electron chi connectivity index (χ0n) is 16.3. The maximum Gasteiger partial charge on any atom is 0.252 e. The Bertz CT molecular complexity index is 870. The van der Waals surface area contributed by atoms with Crippen molar-refractivity contribution < 1.29 is 4.79 Å². The Balaban J connectivity index is 1.98. The second-order valence-corrected chi connectivity index (χ2v) is 9.09. The highest BCUT2D eigenvalue weighted by molar-refractivity contribution is 6.67. The fraction of sp³-hybridized carbons (Fsp3) is 0.375. The summed E-state index contributed by atoms with van der Waals surface area (Å²) in [5.74, 6) is 0. The van der Waals surface area contributed by atoms with Gasteiger partial charge in [-0.2, -0.15) is 0 Å². The summed E-state index contributed by atoms with van der Waals surface area (Å²) >= 11 is 5.52. The van der Waals surface area contributed by atoms with Gasteiger partial charge in [-0.05, 0) is 82.2 Å². The molecule has 0 bridgehead atoms. The van der Waals surface area contributed by atoms with Crippen LogP contribution in [0.5, 0.6) is 0 Å². The molecule has 2 heteroatoms. The summed E-state index contributed by atoms with van der Waals surface area (Å²) in [6.45, 7) is 11.5. The van der Waals surface area contributed by atoms with Gasteiger partial charge in [-0.1, -0.05) is 64.1 Å². The standard InChI is InChI=1S/C24H27ClO/c1-16(14-17-6-8-18(9-7-17)22(25)26)19-10-11-20-21(15-19)24(4,5)13-12-23(20,2)3/h6-11,14-15H,12-13H2,1-5H3/b16-14+. The van der Waals surface area contributed by atoms with Gasteiger partial charge in [-0.25, -0.2) is 0 Å². The number of carbonyl (C=O) groups excluding carboxylic acids is 1. The Morgan fingerprint density at radius 2 is 1.42 bits per heavy atom. The van der Waals surface area contributed by atoms with E-state index in [0.29, 0.717) is 5.56 Å². The Hall–Kier alpha value is -1.86. The van der Waals surface area contributed by atoms with Gasteiger partial charge in [0.2, 0.25) is 0 Å². The fourth-order valence-corrected chi connectivity index (χ4v) is 4.00. The molecule has 0 N–H and O–H groups in total. The first kappa shape index (κ1) is 18.9. The lowest BCUT2D eigenvalue weighted by atomic mass is 9.63. The number of allylic oxidation sites excluding steroid dienone is 1. The third-order valence-corrected chi connectivity index (χ3v) is 6.05. The molecule has 0 saturated heterocycles. The highest BCUT2D eigenvalue weighted by atomic mass is 35.5. The van der Waals surface area contributed by atoms with E-state index in [4.69, 9.17) is 11.6 Å². The van der Waals surface area contributed by atoms with E-state index in [0.717, 1.165) is 5.56 Å². The molecule has 1 aliphatic carbocycles. The normalized spacial score (nSPS) is 18.3. The van der Waals surface area contributed by atoms with E-state index >= 15 is 0 Å². The highest BCUT2D eigenvalue weighted by Crippen LogP contribution is 2.46. The fourth-order valence-electron chi connectivity index (χ4n) is 3.88. The average molecular weight is 367 g/mol. The highest BCUT2D eigenvalue weighted by Gasteiger charge is 2.36. The Morgan fingerprint density at radius 1 is 0.885 bits per heavy atom. The lowest BCUT2D eigenvalue weighted by Crippen LogP contribution is -2.33. The van der Waals surface area contributed by atoms with Crippen LogP contribution in [0.3, 0.4) is 0 Å². The predicted molar refractivity (Wildman–Crippen MR) is 112 cm³/mol. The van der Waals surface area contributed by atoms with Crippen LogP contribution in [0.15, 0.2) is 42.5 Å². The zero-order valence-corrected chi connectivity index (χ0v) is 17.1. The number of rotatable bonds is 3. The summed E-state index contributed by atoms with van der Waals surface area (Å²) in [6.07, 6.45) is 4.60. The van der Waals surface area contributed by atoms with E-state index in [1.165, 1.54) is 35.1 Å². The molecule has 0 amide bonds. The van der Waals surface area contributed by atoms with Crippen molar-refractivity contribution in [1.82, 2.24) is 0 Å². The van der Waals surface area contributed by atoms with Crippen molar-refractivity contribution in [2.45, 2.75) is 58.3 Å². The minimum atomic E-state index is -0.420. The molecule has 0 aromatic heterocycles. The maximum atomic E-state index is 11.2. The maximum absolute atomic E-state index is 11.2. The summed E-state index contributed by atoms with van der Waals surface area (Å²) < 4.78 is 0. The minimum absolute atomic E-state index is 0.212. The van der Waals surface area contributed by atoms with E-state index in [1.54, 1.807) is 12.1 Å². The van der Waals surface area contributed by atoms with Crippen molar-refractivity contribution in [2.75, 3.05) is 0 Å². The molecule has 0 radical (unpaired) electrons.